The van der Waals surface area contributed by atoms with E-state index in [1.165, 1.54) is 19.2 Å². The highest BCUT2D eigenvalue weighted by molar-refractivity contribution is 7.89. The minimum Gasteiger partial charge on any atom is -0.496 e. The Balaban J connectivity index is 0.00000392. The molecule has 2 rings (SSSR count). The average Bonchev–Trinajstić information content (AvgIpc) is 2.70. The van der Waals surface area contributed by atoms with Gasteiger partial charge in [0.2, 0.25) is 15.9 Å². The summed E-state index contributed by atoms with van der Waals surface area (Å²) in [5.74, 6) is 0.378. The molecule has 0 fully saturated rings. The number of rotatable bonds is 9. The van der Waals surface area contributed by atoms with Crippen LogP contribution in [0.5, 0.6) is 5.75 Å². The molecule has 0 aromatic heterocycles. The summed E-state index contributed by atoms with van der Waals surface area (Å²) in [5, 5.41) is 2.72. The zero-order chi connectivity index (χ0) is 19.9. The van der Waals surface area contributed by atoms with Crippen molar-refractivity contribution in [2.24, 2.45) is 5.73 Å². The first kappa shape index (κ1) is 23.9. The molecule has 0 saturated carbocycles. The highest BCUT2D eigenvalue weighted by atomic mass is 35.5. The number of nitrogens with two attached hydrogens (primary N) is 1. The van der Waals surface area contributed by atoms with Crippen LogP contribution in [0.25, 0.3) is 0 Å². The maximum Gasteiger partial charge on any atom is 0.240 e. The number of sulfonamides is 1. The van der Waals surface area contributed by atoms with E-state index in [1.54, 1.807) is 13.0 Å². The lowest BCUT2D eigenvalue weighted by Gasteiger charge is -2.15. The van der Waals surface area contributed by atoms with Gasteiger partial charge in [-0.2, -0.15) is 0 Å². The van der Waals surface area contributed by atoms with E-state index in [0.29, 0.717) is 17.7 Å². The maximum absolute atomic E-state index is 12.6. The van der Waals surface area contributed by atoms with Gasteiger partial charge in [0.25, 0.3) is 0 Å². The Morgan fingerprint density at radius 1 is 1.18 bits per heavy atom. The molecule has 0 aliphatic carbocycles. The molecule has 154 valence electrons. The number of hydrogen-bond acceptors (Lipinski definition) is 5. The van der Waals surface area contributed by atoms with Gasteiger partial charge in [-0.15, -0.1) is 12.4 Å². The number of hydrogen-bond donors (Lipinski definition) is 3. The largest absolute Gasteiger partial charge is 0.496 e. The molecule has 0 heterocycles. The summed E-state index contributed by atoms with van der Waals surface area (Å²) in [6.45, 7) is 2.00. The average molecular weight is 428 g/mol. The van der Waals surface area contributed by atoms with Crippen LogP contribution in [-0.4, -0.2) is 28.0 Å². The molecule has 0 radical (unpaired) electrons. The van der Waals surface area contributed by atoms with Gasteiger partial charge >= 0.3 is 0 Å². The van der Waals surface area contributed by atoms with Crippen LogP contribution >= 0.6 is 12.4 Å². The molecule has 2 aromatic rings. The second-order valence-corrected chi connectivity index (χ2v) is 7.74. The van der Waals surface area contributed by atoms with E-state index in [9.17, 15) is 13.2 Å². The first-order chi connectivity index (χ1) is 12.9. The third-order valence-corrected chi connectivity index (χ3v) is 5.50. The van der Waals surface area contributed by atoms with Crippen LogP contribution in [0.3, 0.4) is 0 Å². The van der Waals surface area contributed by atoms with Crippen LogP contribution in [0.4, 0.5) is 0 Å². The van der Waals surface area contributed by atoms with Crippen molar-refractivity contribution in [3.05, 3.63) is 59.7 Å². The van der Waals surface area contributed by atoms with Gasteiger partial charge in [-0.05, 0) is 23.8 Å². The lowest BCUT2D eigenvalue weighted by Crippen LogP contribution is -2.32. The molecule has 1 unspecified atom stereocenters. The summed E-state index contributed by atoms with van der Waals surface area (Å²) in [6, 6.07) is 13.3. The molecule has 9 heteroatoms. The molecule has 28 heavy (non-hydrogen) atoms. The second-order valence-electron chi connectivity index (χ2n) is 5.97. The van der Waals surface area contributed by atoms with Crippen molar-refractivity contribution in [2.75, 3.05) is 13.7 Å². The molecular weight excluding hydrogens is 402 g/mol. The van der Waals surface area contributed by atoms with Crippen LogP contribution in [0, 0.1) is 0 Å². The molecule has 4 N–H and O–H groups in total. The summed E-state index contributed by atoms with van der Waals surface area (Å²) >= 11 is 0. The van der Waals surface area contributed by atoms with Crippen molar-refractivity contribution in [1.29, 1.82) is 0 Å². The van der Waals surface area contributed by atoms with E-state index in [0.717, 1.165) is 5.56 Å². The Kier molecular flexibility index (Phi) is 9.40. The summed E-state index contributed by atoms with van der Waals surface area (Å²) in [7, 11) is -2.26. The predicted octanol–water partition coefficient (Wildman–Crippen LogP) is 2.12. The Morgan fingerprint density at radius 2 is 1.86 bits per heavy atom. The minimum absolute atomic E-state index is 0. The van der Waals surface area contributed by atoms with Gasteiger partial charge in [0.1, 0.15) is 5.75 Å². The fourth-order valence-corrected chi connectivity index (χ4v) is 3.59. The van der Waals surface area contributed by atoms with Crippen LogP contribution < -0.4 is 20.5 Å². The third-order valence-electron chi connectivity index (χ3n) is 4.08. The summed E-state index contributed by atoms with van der Waals surface area (Å²) in [4.78, 5) is 11.6. The van der Waals surface area contributed by atoms with E-state index in [4.69, 9.17) is 10.5 Å². The van der Waals surface area contributed by atoms with Crippen molar-refractivity contribution in [1.82, 2.24) is 10.0 Å². The Hall–Kier alpha value is -2.13. The maximum atomic E-state index is 12.6. The Bertz CT molecular complexity index is 876. The monoisotopic (exact) mass is 427 g/mol. The fraction of sp³-hybridized carbons (Fsp3) is 0.316. The fourth-order valence-electron chi connectivity index (χ4n) is 2.48. The topological polar surface area (TPSA) is 111 Å². The normalized spacial score (nSPS) is 12.0. The molecule has 2 aromatic carbocycles. The number of methoxy groups -OCH3 is 1. The van der Waals surface area contributed by atoms with Crippen molar-refractivity contribution in [3.8, 4) is 5.75 Å². The van der Waals surface area contributed by atoms with Gasteiger partial charge in [-0.25, -0.2) is 13.1 Å². The zero-order valence-corrected chi connectivity index (χ0v) is 17.5. The van der Waals surface area contributed by atoms with Crippen LogP contribution in [0.2, 0.25) is 0 Å². The van der Waals surface area contributed by atoms with Crippen molar-refractivity contribution in [2.45, 2.75) is 30.8 Å². The number of ether oxygens (including phenoxy) is 1. The smallest absolute Gasteiger partial charge is 0.240 e. The summed E-state index contributed by atoms with van der Waals surface area (Å²) in [6.07, 6.45) is 0.346. The molecule has 1 amide bonds. The van der Waals surface area contributed by atoms with Gasteiger partial charge in [0.15, 0.2) is 0 Å². The van der Waals surface area contributed by atoms with E-state index >= 15 is 0 Å². The first-order valence-electron chi connectivity index (χ1n) is 8.61. The van der Waals surface area contributed by atoms with Crippen molar-refractivity contribution >= 4 is 28.3 Å². The number of amides is 1. The minimum atomic E-state index is -3.75. The Labute approximate surface area is 172 Å². The molecule has 0 saturated heterocycles. The van der Waals surface area contributed by atoms with Gasteiger partial charge < -0.3 is 15.8 Å². The van der Waals surface area contributed by atoms with E-state index in [2.05, 4.69) is 10.0 Å². The number of nitrogens with one attached hydrogen (secondary N) is 2. The van der Waals surface area contributed by atoms with Crippen molar-refractivity contribution in [3.63, 3.8) is 0 Å². The number of carbonyl (C=O) groups is 1. The predicted molar refractivity (Wildman–Crippen MR) is 111 cm³/mol. The highest BCUT2D eigenvalue weighted by Crippen LogP contribution is 2.22. The van der Waals surface area contributed by atoms with E-state index in [1.807, 2.05) is 30.3 Å². The van der Waals surface area contributed by atoms with Crippen molar-refractivity contribution < 1.29 is 17.9 Å². The highest BCUT2D eigenvalue weighted by Gasteiger charge is 2.18. The van der Waals surface area contributed by atoms with E-state index < -0.39 is 16.1 Å². The van der Waals surface area contributed by atoms with Gasteiger partial charge in [0.05, 0.1) is 12.0 Å². The molecule has 0 bridgehead atoms. The van der Waals surface area contributed by atoms with Crippen LogP contribution in [-0.2, 0) is 21.4 Å². The van der Waals surface area contributed by atoms with E-state index in [-0.39, 0.29) is 36.3 Å². The van der Waals surface area contributed by atoms with Gasteiger partial charge in [-0.3, -0.25) is 4.79 Å². The van der Waals surface area contributed by atoms with Crippen LogP contribution in [0.1, 0.15) is 30.5 Å². The zero-order valence-electron chi connectivity index (χ0n) is 15.8. The Morgan fingerprint density at radius 3 is 2.46 bits per heavy atom. The second kappa shape index (κ2) is 11.0. The number of benzene rings is 2. The molecule has 0 aliphatic heterocycles. The number of carbonyl (C=O) groups excluding carboxylic acids is 1. The molecule has 7 nitrogen and oxygen atoms in total. The van der Waals surface area contributed by atoms with Gasteiger partial charge in [-0.1, -0.05) is 37.3 Å². The van der Waals surface area contributed by atoms with Crippen LogP contribution in [0.15, 0.2) is 53.4 Å². The molecular formula is C19H26ClN3O4S. The lowest BCUT2D eigenvalue weighted by atomic mass is 10.1. The first-order valence-corrected chi connectivity index (χ1v) is 10.1. The quantitative estimate of drug-likeness (QED) is 0.567. The van der Waals surface area contributed by atoms with Gasteiger partial charge in [0, 0.05) is 31.1 Å². The third kappa shape index (κ3) is 6.49. The lowest BCUT2D eigenvalue weighted by molar-refractivity contribution is -0.120. The standard InChI is InChI=1S/C19H25N3O4S.ClH/c1-3-19(23)21-12-15-11-16(9-10-18(15)26-2)27(24,25)22-13-17(20)14-7-5-4-6-8-14;/h4-11,17,22H,3,12-13,20H2,1-2H3,(H,21,23);1H. The molecule has 0 aliphatic rings. The summed E-state index contributed by atoms with van der Waals surface area (Å²) < 4.78 is 33.0. The number of halogens is 1. The summed E-state index contributed by atoms with van der Waals surface area (Å²) in [5.41, 5.74) is 7.48. The molecule has 1 atom stereocenters. The molecule has 0 spiro atoms. The SMILES string of the molecule is CCC(=O)NCc1cc(S(=O)(=O)NCC(N)c2ccccc2)ccc1OC.Cl.